The maximum atomic E-state index is 13.8. The maximum Gasteiger partial charge on any atom is 0.466 e. The smallest absolute Gasteiger partial charge is 0.466 e. The fourth-order valence-corrected chi connectivity index (χ4v) is 4.31. The summed E-state index contributed by atoms with van der Waals surface area (Å²) in [6.45, 7) is 9.90. The summed E-state index contributed by atoms with van der Waals surface area (Å²) >= 11 is 0. The number of ether oxygens (including phenoxy) is 1. The number of hydrazone groups is 1. The summed E-state index contributed by atoms with van der Waals surface area (Å²) in [5, 5.41) is 16.1. The molecule has 34 heavy (non-hydrogen) atoms. The number of carbonyl (C=O) groups is 2. The number of hydrogen-bond donors (Lipinski definition) is 2. The van der Waals surface area contributed by atoms with Gasteiger partial charge in [0.25, 0.3) is 11.8 Å². The minimum absolute atomic E-state index is 0.278. The Morgan fingerprint density at radius 3 is 2.59 bits per heavy atom. The molecule has 2 amide bonds. The summed E-state index contributed by atoms with van der Waals surface area (Å²) in [5.41, 5.74) is 5.39. The van der Waals surface area contributed by atoms with Gasteiger partial charge in [0.1, 0.15) is 5.75 Å². The monoisotopic (exact) mass is 464 g/mol. The normalized spacial score (nSPS) is 13.9. The van der Waals surface area contributed by atoms with Crippen LogP contribution in [0, 0.1) is 12.3 Å². The number of nitrogens with zero attached hydrogens (tertiary/aromatic N) is 3. The average molecular weight is 464 g/mol. The average Bonchev–Trinajstić information content (AvgIpc) is 2.79. The van der Waals surface area contributed by atoms with Crippen LogP contribution in [0.15, 0.2) is 41.5 Å². The molecule has 180 valence electrons. The molecule has 2 N–H and O–H groups in total. The van der Waals surface area contributed by atoms with E-state index in [-0.39, 0.29) is 17.4 Å². The standard InChI is InChI=1S/C25H33BN4O4/c1-8-22(25(3,4)5)30(28-23(31)19-10-9-11-21(34-7)16(19)2)24(32)17-12-13-18-15-27-29(6)26(33)20(18)14-17/h9-15,22,33H,8H2,1-7H3,(H,28,31). The number of hydrogen-bond acceptors (Lipinski definition) is 6. The first-order chi connectivity index (χ1) is 16.0. The molecule has 1 unspecified atom stereocenters. The number of carbonyl (C=O) groups excluding carboxylic acids is 2. The Bertz CT molecular complexity index is 1110. The number of methoxy groups -OCH3 is 1. The molecule has 8 nitrogen and oxygen atoms in total. The van der Waals surface area contributed by atoms with Crippen molar-refractivity contribution < 1.29 is 19.3 Å². The number of nitrogens with one attached hydrogen (secondary N) is 1. The summed E-state index contributed by atoms with van der Waals surface area (Å²) in [5.74, 6) is -0.143. The number of amides is 2. The Morgan fingerprint density at radius 2 is 1.97 bits per heavy atom. The maximum absolute atomic E-state index is 13.8. The zero-order valence-electron chi connectivity index (χ0n) is 20.9. The lowest BCUT2D eigenvalue weighted by Gasteiger charge is -2.39. The zero-order valence-corrected chi connectivity index (χ0v) is 20.9. The van der Waals surface area contributed by atoms with Gasteiger partial charge < -0.3 is 14.7 Å². The van der Waals surface area contributed by atoms with Crippen LogP contribution in [0.25, 0.3) is 0 Å². The Labute approximate surface area is 201 Å². The van der Waals surface area contributed by atoms with Crippen LogP contribution in [0.4, 0.5) is 0 Å². The second-order valence-corrected chi connectivity index (χ2v) is 9.57. The first kappa shape index (κ1) is 25.3. The predicted octanol–water partition coefficient (Wildman–Crippen LogP) is 2.58. The van der Waals surface area contributed by atoms with Gasteiger partial charge in [-0.1, -0.05) is 39.8 Å². The van der Waals surface area contributed by atoms with E-state index in [2.05, 4.69) is 10.5 Å². The summed E-state index contributed by atoms with van der Waals surface area (Å²) in [6, 6.07) is 10.1. The molecular formula is C25H33BN4O4. The highest BCUT2D eigenvalue weighted by molar-refractivity contribution is 6.65. The van der Waals surface area contributed by atoms with Crippen LogP contribution in [-0.2, 0) is 0 Å². The molecule has 1 aliphatic heterocycles. The van der Waals surface area contributed by atoms with Crippen molar-refractivity contribution in [2.75, 3.05) is 14.2 Å². The fourth-order valence-electron chi connectivity index (χ4n) is 4.31. The van der Waals surface area contributed by atoms with E-state index in [9.17, 15) is 14.6 Å². The Balaban J connectivity index is 2.01. The summed E-state index contributed by atoms with van der Waals surface area (Å²) in [6.07, 6.45) is 2.28. The summed E-state index contributed by atoms with van der Waals surface area (Å²) < 4.78 is 5.35. The van der Waals surface area contributed by atoms with Gasteiger partial charge in [-0.25, -0.2) is 5.01 Å². The molecule has 0 radical (unpaired) electrons. The molecule has 1 heterocycles. The highest BCUT2D eigenvalue weighted by Gasteiger charge is 2.35. The Morgan fingerprint density at radius 1 is 1.26 bits per heavy atom. The second-order valence-electron chi connectivity index (χ2n) is 9.57. The quantitative estimate of drug-likeness (QED) is 0.524. The van der Waals surface area contributed by atoms with E-state index in [0.717, 1.165) is 5.56 Å². The molecule has 0 fully saturated rings. The van der Waals surface area contributed by atoms with Crippen molar-refractivity contribution in [2.45, 2.75) is 47.1 Å². The van der Waals surface area contributed by atoms with Gasteiger partial charge in [0.05, 0.1) is 19.4 Å². The van der Waals surface area contributed by atoms with Crippen LogP contribution < -0.4 is 15.6 Å². The van der Waals surface area contributed by atoms with Gasteiger partial charge >= 0.3 is 7.05 Å². The van der Waals surface area contributed by atoms with Gasteiger partial charge in [0.15, 0.2) is 0 Å². The number of hydrazine groups is 1. The third kappa shape index (κ3) is 4.94. The van der Waals surface area contributed by atoms with Crippen LogP contribution in [-0.4, -0.2) is 60.2 Å². The Kier molecular flexibility index (Phi) is 7.36. The highest BCUT2D eigenvalue weighted by atomic mass is 16.5. The molecule has 2 aromatic carbocycles. The van der Waals surface area contributed by atoms with E-state index >= 15 is 0 Å². The third-order valence-electron chi connectivity index (χ3n) is 6.23. The van der Waals surface area contributed by atoms with Crippen molar-refractivity contribution in [3.63, 3.8) is 0 Å². The van der Waals surface area contributed by atoms with Gasteiger partial charge in [0, 0.05) is 23.7 Å². The van der Waals surface area contributed by atoms with Crippen LogP contribution in [0.5, 0.6) is 5.75 Å². The van der Waals surface area contributed by atoms with E-state index in [1.165, 1.54) is 9.93 Å². The van der Waals surface area contributed by atoms with Crippen molar-refractivity contribution in [1.29, 1.82) is 0 Å². The predicted molar refractivity (Wildman–Crippen MR) is 134 cm³/mol. The lowest BCUT2D eigenvalue weighted by atomic mass is 9.69. The molecular weight excluding hydrogens is 431 g/mol. The van der Waals surface area contributed by atoms with E-state index in [4.69, 9.17) is 4.74 Å². The van der Waals surface area contributed by atoms with E-state index in [1.54, 1.807) is 56.8 Å². The van der Waals surface area contributed by atoms with Crippen LogP contribution >= 0.6 is 0 Å². The van der Waals surface area contributed by atoms with E-state index in [1.807, 2.05) is 34.6 Å². The molecule has 0 aromatic heterocycles. The number of fused-ring (bicyclic) bond motifs is 1. The van der Waals surface area contributed by atoms with E-state index in [0.29, 0.717) is 34.3 Å². The number of benzene rings is 2. The largest absolute Gasteiger partial charge is 0.496 e. The van der Waals surface area contributed by atoms with Gasteiger partial charge in [-0.3, -0.25) is 15.0 Å². The minimum atomic E-state index is -0.959. The fraction of sp³-hybridized carbons (Fsp3) is 0.400. The first-order valence-corrected chi connectivity index (χ1v) is 11.4. The molecule has 9 heteroatoms. The lowest BCUT2D eigenvalue weighted by molar-refractivity contribution is 0.0284. The molecule has 3 rings (SSSR count). The van der Waals surface area contributed by atoms with Crippen molar-refractivity contribution in [3.05, 3.63) is 58.7 Å². The van der Waals surface area contributed by atoms with Crippen molar-refractivity contribution in [1.82, 2.24) is 15.4 Å². The van der Waals surface area contributed by atoms with E-state index < -0.39 is 13.0 Å². The van der Waals surface area contributed by atoms with Crippen molar-refractivity contribution in [2.24, 2.45) is 10.5 Å². The Hall–Kier alpha value is -3.33. The minimum Gasteiger partial charge on any atom is -0.496 e. The molecule has 0 saturated heterocycles. The lowest BCUT2D eigenvalue weighted by Crippen LogP contribution is -2.56. The molecule has 0 aliphatic carbocycles. The molecule has 1 atom stereocenters. The first-order valence-electron chi connectivity index (χ1n) is 11.4. The molecule has 0 spiro atoms. The van der Waals surface area contributed by atoms with Gasteiger partial charge in [0.2, 0.25) is 0 Å². The zero-order chi connectivity index (χ0) is 25.2. The van der Waals surface area contributed by atoms with Gasteiger partial charge in [-0.05, 0) is 54.1 Å². The molecule has 1 aliphatic rings. The van der Waals surface area contributed by atoms with Crippen LogP contribution in [0.3, 0.4) is 0 Å². The highest BCUT2D eigenvalue weighted by Crippen LogP contribution is 2.28. The SMILES string of the molecule is CCC(N(NC(=O)c1cccc(OC)c1C)C(=O)c1ccc2c(c1)B(O)N(C)N=C2)C(C)(C)C. The van der Waals surface area contributed by atoms with Crippen LogP contribution in [0.1, 0.15) is 66.0 Å². The van der Waals surface area contributed by atoms with Crippen molar-refractivity contribution in [3.8, 4) is 5.75 Å². The van der Waals surface area contributed by atoms with Gasteiger partial charge in [-0.2, -0.15) is 5.10 Å². The number of rotatable bonds is 5. The molecule has 0 saturated carbocycles. The summed E-state index contributed by atoms with van der Waals surface area (Å²) in [4.78, 5) is 28.6. The molecule has 0 bridgehead atoms. The second kappa shape index (κ2) is 9.89. The van der Waals surface area contributed by atoms with Crippen molar-refractivity contribution >= 4 is 30.5 Å². The molecule has 2 aromatic rings. The van der Waals surface area contributed by atoms with Crippen LogP contribution in [0.2, 0.25) is 0 Å². The third-order valence-corrected chi connectivity index (χ3v) is 6.23. The van der Waals surface area contributed by atoms with Gasteiger partial charge in [-0.15, -0.1) is 0 Å². The topological polar surface area (TPSA) is 94.5 Å². The summed E-state index contributed by atoms with van der Waals surface area (Å²) in [7, 11) is 2.26.